The molecule has 0 saturated heterocycles. The Hall–Kier alpha value is -2.11. The van der Waals surface area contributed by atoms with Gasteiger partial charge in [-0.15, -0.1) is 0 Å². The van der Waals surface area contributed by atoms with Crippen LogP contribution in [-0.2, 0) is 9.59 Å². The van der Waals surface area contributed by atoms with E-state index in [0.717, 1.165) is 0 Å². The van der Waals surface area contributed by atoms with E-state index in [0.29, 0.717) is 10.7 Å². The van der Waals surface area contributed by atoms with Gasteiger partial charge in [0.2, 0.25) is 11.8 Å². The molecule has 0 fully saturated rings. The molecule has 0 bridgehead atoms. The minimum Gasteiger partial charge on any atom is -0.469 e. The number of halogens is 2. The standard InChI is InChI=1S/C16H14Cl2N2O3/c17-11-8-14(18)16(19-9-11)23-10-13(21)6-7-15(22)20-12-4-2-1-3-5-12/h1-5,8-9H,6-7,10H2,(H,20,22). The lowest BCUT2D eigenvalue weighted by Crippen LogP contribution is -2.17. The quantitative estimate of drug-likeness (QED) is 0.823. The van der Waals surface area contributed by atoms with Crippen LogP contribution in [-0.4, -0.2) is 23.3 Å². The van der Waals surface area contributed by atoms with Crippen molar-refractivity contribution in [3.05, 3.63) is 52.6 Å². The van der Waals surface area contributed by atoms with Gasteiger partial charge in [-0.3, -0.25) is 9.59 Å². The molecular weight excluding hydrogens is 339 g/mol. The van der Waals surface area contributed by atoms with Crippen molar-refractivity contribution in [3.63, 3.8) is 0 Å². The molecule has 120 valence electrons. The molecule has 1 amide bonds. The van der Waals surface area contributed by atoms with Gasteiger partial charge < -0.3 is 10.1 Å². The van der Waals surface area contributed by atoms with Gasteiger partial charge in [0.1, 0.15) is 11.6 Å². The van der Waals surface area contributed by atoms with Crippen LogP contribution in [0.4, 0.5) is 5.69 Å². The maximum atomic E-state index is 11.7. The number of nitrogens with one attached hydrogen (secondary N) is 1. The molecule has 0 unspecified atom stereocenters. The Bertz CT molecular complexity index is 693. The van der Waals surface area contributed by atoms with E-state index in [-0.39, 0.29) is 42.0 Å². The van der Waals surface area contributed by atoms with Crippen molar-refractivity contribution in [2.75, 3.05) is 11.9 Å². The van der Waals surface area contributed by atoms with Gasteiger partial charge in [-0.25, -0.2) is 4.98 Å². The molecule has 0 atom stereocenters. The molecule has 0 aliphatic rings. The summed E-state index contributed by atoms with van der Waals surface area (Å²) in [6, 6.07) is 10.5. The third-order valence-corrected chi connectivity index (χ3v) is 3.31. The smallest absolute Gasteiger partial charge is 0.233 e. The Morgan fingerprint density at radius 1 is 1.13 bits per heavy atom. The third kappa shape index (κ3) is 5.88. The number of benzene rings is 1. The highest BCUT2D eigenvalue weighted by Crippen LogP contribution is 2.24. The van der Waals surface area contributed by atoms with E-state index in [2.05, 4.69) is 10.3 Å². The summed E-state index contributed by atoms with van der Waals surface area (Å²) in [5.41, 5.74) is 0.693. The van der Waals surface area contributed by atoms with Crippen LogP contribution in [0.3, 0.4) is 0 Å². The zero-order chi connectivity index (χ0) is 16.7. The summed E-state index contributed by atoms with van der Waals surface area (Å²) in [4.78, 5) is 27.4. The van der Waals surface area contributed by atoms with E-state index in [1.165, 1.54) is 12.3 Å². The normalized spacial score (nSPS) is 10.2. The Labute approximate surface area is 143 Å². The number of nitrogens with zero attached hydrogens (tertiary/aromatic N) is 1. The van der Waals surface area contributed by atoms with E-state index in [4.69, 9.17) is 27.9 Å². The largest absolute Gasteiger partial charge is 0.469 e. The van der Waals surface area contributed by atoms with E-state index in [1.807, 2.05) is 18.2 Å². The molecule has 0 aliphatic carbocycles. The van der Waals surface area contributed by atoms with Crippen LogP contribution in [0.5, 0.6) is 5.88 Å². The van der Waals surface area contributed by atoms with Crippen molar-refractivity contribution in [2.45, 2.75) is 12.8 Å². The summed E-state index contributed by atoms with van der Waals surface area (Å²) >= 11 is 11.6. The van der Waals surface area contributed by atoms with Gasteiger partial charge in [-0.1, -0.05) is 41.4 Å². The highest BCUT2D eigenvalue weighted by molar-refractivity contribution is 6.35. The first-order chi connectivity index (χ1) is 11.0. The molecule has 2 rings (SSSR count). The molecule has 1 heterocycles. The number of anilines is 1. The fourth-order valence-corrected chi connectivity index (χ4v) is 2.16. The topological polar surface area (TPSA) is 68.3 Å². The number of ether oxygens (including phenoxy) is 1. The summed E-state index contributed by atoms with van der Waals surface area (Å²) in [5.74, 6) is -0.314. The number of hydrogen-bond acceptors (Lipinski definition) is 4. The molecular formula is C16H14Cl2N2O3. The van der Waals surface area contributed by atoms with Crippen LogP contribution in [0, 0.1) is 0 Å². The molecule has 0 saturated carbocycles. The van der Waals surface area contributed by atoms with Crippen LogP contribution >= 0.6 is 23.2 Å². The summed E-state index contributed by atoms with van der Waals surface area (Å²) in [5, 5.41) is 3.32. The molecule has 1 N–H and O–H groups in total. The van der Waals surface area contributed by atoms with E-state index >= 15 is 0 Å². The van der Waals surface area contributed by atoms with Gasteiger partial charge in [0, 0.05) is 24.7 Å². The van der Waals surface area contributed by atoms with Gasteiger partial charge in [0.25, 0.3) is 0 Å². The van der Waals surface area contributed by atoms with Crippen molar-refractivity contribution in [1.29, 1.82) is 0 Å². The molecule has 1 aromatic heterocycles. The number of ketones is 1. The van der Waals surface area contributed by atoms with Crippen LogP contribution in [0.1, 0.15) is 12.8 Å². The summed E-state index contributed by atoms with van der Waals surface area (Å²) < 4.78 is 5.22. The molecule has 7 heteroatoms. The summed E-state index contributed by atoms with van der Waals surface area (Å²) in [6.45, 7) is -0.201. The maximum Gasteiger partial charge on any atom is 0.233 e. The number of amides is 1. The minimum atomic E-state index is -0.229. The second-order valence-corrected chi connectivity index (χ2v) is 5.53. The van der Waals surface area contributed by atoms with E-state index in [9.17, 15) is 9.59 Å². The van der Waals surface area contributed by atoms with Crippen LogP contribution < -0.4 is 10.1 Å². The van der Waals surface area contributed by atoms with Gasteiger partial charge in [0.15, 0.2) is 5.78 Å². The second kappa shape index (κ2) is 8.50. The van der Waals surface area contributed by atoms with Crippen LogP contribution in [0.25, 0.3) is 0 Å². The first kappa shape index (κ1) is 17.2. The fourth-order valence-electron chi connectivity index (χ4n) is 1.73. The molecule has 5 nitrogen and oxygen atoms in total. The number of pyridine rings is 1. The van der Waals surface area contributed by atoms with Gasteiger partial charge >= 0.3 is 0 Å². The maximum absolute atomic E-state index is 11.7. The second-order valence-electron chi connectivity index (χ2n) is 4.68. The van der Waals surface area contributed by atoms with Gasteiger partial charge in [0.05, 0.1) is 5.02 Å². The molecule has 0 spiro atoms. The van der Waals surface area contributed by atoms with E-state index in [1.54, 1.807) is 12.1 Å². The zero-order valence-corrected chi connectivity index (χ0v) is 13.6. The SMILES string of the molecule is O=C(CCC(=O)Nc1ccccc1)COc1ncc(Cl)cc1Cl. The van der Waals surface area contributed by atoms with Crippen molar-refractivity contribution in [1.82, 2.24) is 4.98 Å². The highest BCUT2D eigenvalue weighted by Gasteiger charge is 2.10. The molecule has 0 aliphatic heterocycles. The zero-order valence-electron chi connectivity index (χ0n) is 12.1. The average molecular weight is 353 g/mol. The van der Waals surface area contributed by atoms with Crippen LogP contribution in [0.2, 0.25) is 10.0 Å². The van der Waals surface area contributed by atoms with Crippen molar-refractivity contribution < 1.29 is 14.3 Å². The Morgan fingerprint density at radius 3 is 2.57 bits per heavy atom. The highest BCUT2D eigenvalue weighted by atomic mass is 35.5. The van der Waals surface area contributed by atoms with Crippen molar-refractivity contribution in [3.8, 4) is 5.88 Å². The Morgan fingerprint density at radius 2 is 1.87 bits per heavy atom. The predicted octanol–water partition coefficient (Wildman–Crippen LogP) is 3.76. The summed E-state index contributed by atoms with van der Waals surface area (Å²) in [6.07, 6.45) is 1.53. The van der Waals surface area contributed by atoms with Gasteiger partial charge in [-0.05, 0) is 18.2 Å². The first-order valence-corrected chi connectivity index (χ1v) is 7.60. The summed E-state index contributed by atoms with van der Waals surface area (Å²) in [7, 11) is 0. The average Bonchev–Trinajstić information content (AvgIpc) is 2.53. The van der Waals surface area contributed by atoms with Crippen molar-refractivity contribution >= 4 is 40.6 Å². The Balaban J connectivity index is 1.73. The fraction of sp³-hybridized carbons (Fsp3) is 0.188. The minimum absolute atomic E-state index is 0.0733. The lowest BCUT2D eigenvalue weighted by atomic mass is 10.2. The number of hydrogen-bond donors (Lipinski definition) is 1. The number of para-hydroxylation sites is 1. The number of carbonyl (C=O) groups excluding carboxylic acids is 2. The number of Topliss-reactive ketones (excluding diaryl/α,β-unsaturated/α-hetero) is 1. The predicted molar refractivity (Wildman–Crippen MR) is 89.1 cm³/mol. The number of rotatable bonds is 7. The third-order valence-electron chi connectivity index (χ3n) is 2.83. The molecule has 0 radical (unpaired) electrons. The lowest BCUT2D eigenvalue weighted by molar-refractivity contribution is -0.124. The molecule has 2 aromatic rings. The monoisotopic (exact) mass is 352 g/mol. The Kier molecular flexibility index (Phi) is 6.38. The lowest BCUT2D eigenvalue weighted by Gasteiger charge is -2.07. The first-order valence-electron chi connectivity index (χ1n) is 6.85. The van der Waals surface area contributed by atoms with Gasteiger partial charge in [-0.2, -0.15) is 0 Å². The molecule has 1 aromatic carbocycles. The van der Waals surface area contributed by atoms with Crippen LogP contribution in [0.15, 0.2) is 42.6 Å². The van der Waals surface area contributed by atoms with Crippen molar-refractivity contribution in [2.24, 2.45) is 0 Å². The number of carbonyl (C=O) groups is 2. The van der Waals surface area contributed by atoms with E-state index < -0.39 is 0 Å². The number of aromatic nitrogens is 1. The molecule has 23 heavy (non-hydrogen) atoms.